The Hall–Kier alpha value is -1.09. The minimum absolute atomic E-state index is 0.742. The summed E-state index contributed by atoms with van der Waals surface area (Å²) in [5, 5.41) is 3.12. The number of ether oxygens (including phenoxy) is 1. The van der Waals surface area contributed by atoms with E-state index in [4.69, 9.17) is 4.74 Å². The molecule has 0 bridgehead atoms. The van der Waals surface area contributed by atoms with Gasteiger partial charge in [-0.05, 0) is 44.9 Å². The number of nitrogens with one attached hydrogen (secondary N) is 1. The van der Waals surface area contributed by atoms with E-state index >= 15 is 0 Å². The summed E-state index contributed by atoms with van der Waals surface area (Å²) in [6.07, 6.45) is 2.31. The molecule has 1 heterocycles. The molecule has 0 radical (unpaired) electrons. The summed E-state index contributed by atoms with van der Waals surface area (Å²) in [6.45, 7) is 8.00. The minimum Gasteiger partial charge on any atom is -0.492 e. The van der Waals surface area contributed by atoms with Crippen LogP contribution in [-0.2, 0) is 6.54 Å². The summed E-state index contributed by atoms with van der Waals surface area (Å²) in [6, 6.07) is 4.02. The van der Waals surface area contributed by atoms with Gasteiger partial charge in [0.05, 0.1) is 12.3 Å². The average Bonchev–Trinajstić information content (AvgIpc) is 2.27. The molecule has 1 aromatic heterocycles. The molecule has 0 unspecified atom stereocenters. The molecule has 0 aromatic carbocycles. The fraction of sp³-hybridized carbons (Fsp3) is 0.643. The molecular weight excluding hydrogens is 212 g/mol. The van der Waals surface area contributed by atoms with E-state index in [2.05, 4.69) is 24.1 Å². The van der Waals surface area contributed by atoms with Crippen LogP contribution in [0.2, 0.25) is 0 Å². The van der Waals surface area contributed by atoms with Gasteiger partial charge in [0.1, 0.15) is 5.75 Å². The Labute approximate surface area is 105 Å². The highest BCUT2D eigenvalue weighted by atomic mass is 16.5. The third kappa shape index (κ3) is 5.18. The molecular formula is C14H24N2O. The molecule has 1 rings (SSSR count). The molecule has 3 nitrogen and oxygen atoms in total. The van der Waals surface area contributed by atoms with Crippen molar-refractivity contribution in [3.8, 4) is 5.75 Å². The van der Waals surface area contributed by atoms with E-state index in [0.717, 1.165) is 42.6 Å². The Balaban J connectivity index is 2.51. The van der Waals surface area contributed by atoms with E-state index < -0.39 is 0 Å². The second kappa shape index (κ2) is 7.28. The molecule has 0 saturated heterocycles. The molecule has 17 heavy (non-hydrogen) atoms. The van der Waals surface area contributed by atoms with Gasteiger partial charge in [-0.15, -0.1) is 0 Å². The van der Waals surface area contributed by atoms with Crippen LogP contribution in [-0.4, -0.2) is 18.6 Å². The monoisotopic (exact) mass is 236 g/mol. The lowest BCUT2D eigenvalue weighted by molar-refractivity contribution is 0.293. The summed E-state index contributed by atoms with van der Waals surface area (Å²) >= 11 is 0. The van der Waals surface area contributed by atoms with Gasteiger partial charge in [-0.1, -0.05) is 13.8 Å². The zero-order valence-electron chi connectivity index (χ0n) is 11.4. The van der Waals surface area contributed by atoms with Crippen LogP contribution in [0, 0.1) is 12.8 Å². The van der Waals surface area contributed by atoms with E-state index in [1.54, 1.807) is 0 Å². The van der Waals surface area contributed by atoms with Crippen LogP contribution in [0.15, 0.2) is 12.1 Å². The number of aryl methyl sites for hydroxylation is 1. The van der Waals surface area contributed by atoms with E-state index in [9.17, 15) is 0 Å². The topological polar surface area (TPSA) is 34.2 Å². The number of hydrogen-bond acceptors (Lipinski definition) is 3. The predicted octanol–water partition coefficient (Wildman–Crippen LogP) is 2.92. The van der Waals surface area contributed by atoms with Gasteiger partial charge in [-0.25, -0.2) is 0 Å². The molecule has 0 saturated carbocycles. The van der Waals surface area contributed by atoms with Crippen molar-refractivity contribution in [1.29, 1.82) is 0 Å². The minimum atomic E-state index is 0.742. The summed E-state index contributed by atoms with van der Waals surface area (Å²) in [4.78, 5) is 4.49. The maximum Gasteiger partial charge on any atom is 0.142 e. The molecule has 0 amide bonds. The van der Waals surface area contributed by atoms with Crippen molar-refractivity contribution in [2.45, 2.75) is 40.2 Å². The van der Waals surface area contributed by atoms with Gasteiger partial charge in [0.25, 0.3) is 0 Å². The SMILES string of the molecule is CNCc1nc(C)ccc1OCCCC(C)C. The van der Waals surface area contributed by atoms with Crippen LogP contribution in [0.3, 0.4) is 0 Å². The average molecular weight is 236 g/mol. The predicted molar refractivity (Wildman–Crippen MR) is 71.3 cm³/mol. The Kier molecular flexibility index (Phi) is 5.98. The third-order valence-electron chi connectivity index (χ3n) is 2.60. The fourth-order valence-electron chi connectivity index (χ4n) is 1.70. The molecule has 1 aromatic rings. The molecule has 0 spiro atoms. The first-order chi connectivity index (χ1) is 8.13. The van der Waals surface area contributed by atoms with Gasteiger partial charge in [0.15, 0.2) is 0 Å². The van der Waals surface area contributed by atoms with Crippen molar-refractivity contribution in [1.82, 2.24) is 10.3 Å². The van der Waals surface area contributed by atoms with Gasteiger partial charge in [-0.3, -0.25) is 4.98 Å². The van der Waals surface area contributed by atoms with Crippen molar-refractivity contribution < 1.29 is 4.74 Å². The van der Waals surface area contributed by atoms with Crippen LogP contribution in [0.5, 0.6) is 5.75 Å². The highest BCUT2D eigenvalue weighted by Gasteiger charge is 2.05. The lowest BCUT2D eigenvalue weighted by atomic mass is 10.1. The quantitative estimate of drug-likeness (QED) is 0.739. The molecule has 0 atom stereocenters. The van der Waals surface area contributed by atoms with Gasteiger partial charge < -0.3 is 10.1 Å². The van der Waals surface area contributed by atoms with E-state index in [1.165, 1.54) is 6.42 Å². The van der Waals surface area contributed by atoms with E-state index in [1.807, 2.05) is 26.1 Å². The number of nitrogens with zero attached hydrogens (tertiary/aromatic N) is 1. The molecule has 0 aliphatic heterocycles. The highest BCUT2D eigenvalue weighted by molar-refractivity contribution is 5.29. The summed E-state index contributed by atoms with van der Waals surface area (Å²) in [5.74, 6) is 1.65. The fourth-order valence-corrected chi connectivity index (χ4v) is 1.70. The van der Waals surface area contributed by atoms with Crippen molar-refractivity contribution in [3.63, 3.8) is 0 Å². The summed E-state index contributed by atoms with van der Waals surface area (Å²) in [5.41, 5.74) is 2.03. The van der Waals surface area contributed by atoms with Crippen molar-refractivity contribution in [2.24, 2.45) is 5.92 Å². The highest BCUT2D eigenvalue weighted by Crippen LogP contribution is 2.17. The van der Waals surface area contributed by atoms with Crippen molar-refractivity contribution in [2.75, 3.05) is 13.7 Å². The molecule has 0 aliphatic carbocycles. The van der Waals surface area contributed by atoms with Gasteiger partial charge in [0.2, 0.25) is 0 Å². The Morgan fingerprint density at radius 2 is 2.12 bits per heavy atom. The van der Waals surface area contributed by atoms with Crippen molar-refractivity contribution in [3.05, 3.63) is 23.5 Å². The molecule has 0 aliphatic rings. The van der Waals surface area contributed by atoms with Gasteiger partial charge in [-0.2, -0.15) is 0 Å². The van der Waals surface area contributed by atoms with Crippen LogP contribution in [0.4, 0.5) is 0 Å². The molecule has 3 heteroatoms. The first-order valence-corrected chi connectivity index (χ1v) is 6.37. The number of pyridine rings is 1. The van der Waals surface area contributed by atoms with Crippen molar-refractivity contribution >= 4 is 0 Å². The smallest absolute Gasteiger partial charge is 0.142 e. The maximum absolute atomic E-state index is 5.79. The van der Waals surface area contributed by atoms with E-state index in [-0.39, 0.29) is 0 Å². The largest absolute Gasteiger partial charge is 0.492 e. The molecule has 96 valence electrons. The first-order valence-electron chi connectivity index (χ1n) is 6.37. The normalized spacial score (nSPS) is 10.9. The van der Waals surface area contributed by atoms with Crippen LogP contribution >= 0.6 is 0 Å². The van der Waals surface area contributed by atoms with Crippen LogP contribution < -0.4 is 10.1 Å². The Morgan fingerprint density at radius 3 is 2.76 bits per heavy atom. The Morgan fingerprint density at radius 1 is 1.35 bits per heavy atom. The standard InChI is InChI=1S/C14H24N2O/c1-11(2)6-5-9-17-14-8-7-12(3)16-13(14)10-15-4/h7-8,11,15H,5-6,9-10H2,1-4H3. The number of aromatic nitrogens is 1. The van der Waals surface area contributed by atoms with Gasteiger partial charge >= 0.3 is 0 Å². The number of rotatable bonds is 7. The van der Waals surface area contributed by atoms with Gasteiger partial charge in [0, 0.05) is 12.2 Å². The maximum atomic E-state index is 5.79. The van der Waals surface area contributed by atoms with Crippen LogP contribution in [0.1, 0.15) is 38.1 Å². The molecule has 1 N–H and O–H groups in total. The first kappa shape index (κ1) is 14.0. The van der Waals surface area contributed by atoms with E-state index in [0.29, 0.717) is 0 Å². The lowest BCUT2D eigenvalue weighted by Crippen LogP contribution is -2.10. The zero-order chi connectivity index (χ0) is 12.7. The Bertz CT molecular complexity index is 337. The lowest BCUT2D eigenvalue weighted by Gasteiger charge is -2.11. The second-order valence-electron chi connectivity index (χ2n) is 4.81. The zero-order valence-corrected chi connectivity index (χ0v) is 11.4. The summed E-state index contributed by atoms with van der Waals surface area (Å²) in [7, 11) is 1.92. The van der Waals surface area contributed by atoms with Crippen LogP contribution in [0.25, 0.3) is 0 Å². The number of hydrogen-bond donors (Lipinski definition) is 1. The third-order valence-corrected chi connectivity index (χ3v) is 2.60. The summed E-state index contributed by atoms with van der Waals surface area (Å²) < 4.78 is 5.79. The second-order valence-corrected chi connectivity index (χ2v) is 4.81. The molecule has 0 fully saturated rings.